The zero-order valence-corrected chi connectivity index (χ0v) is 18.8. The summed E-state index contributed by atoms with van der Waals surface area (Å²) in [7, 11) is 0. The van der Waals surface area contributed by atoms with Gasteiger partial charge in [0.05, 0.1) is 6.04 Å². The average Bonchev–Trinajstić information content (AvgIpc) is 3.32. The maximum Gasteiger partial charge on any atom is 0.273 e. The molecule has 0 bridgehead atoms. The lowest BCUT2D eigenvalue weighted by Crippen LogP contribution is -2.30. The number of aromatic hydroxyl groups is 1. The molecule has 1 aliphatic heterocycles. The van der Waals surface area contributed by atoms with E-state index in [1.165, 1.54) is 0 Å². The zero-order valence-electron chi connectivity index (χ0n) is 18.8. The molecule has 32 heavy (non-hydrogen) atoms. The first-order valence-corrected chi connectivity index (χ1v) is 11.0. The number of aromatic nitrogens is 2. The summed E-state index contributed by atoms with van der Waals surface area (Å²) >= 11 is 0. The van der Waals surface area contributed by atoms with Gasteiger partial charge in [-0.05, 0) is 55.2 Å². The van der Waals surface area contributed by atoms with Crippen LogP contribution in [0.25, 0.3) is 11.3 Å². The van der Waals surface area contributed by atoms with Crippen LogP contribution in [0.1, 0.15) is 58.5 Å². The fourth-order valence-corrected chi connectivity index (χ4v) is 4.35. The van der Waals surface area contributed by atoms with Gasteiger partial charge in [0.2, 0.25) is 0 Å². The van der Waals surface area contributed by atoms with E-state index in [0.29, 0.717) is 30.1 Å². The number of nitrogens with zero attached hydrogens (tertiary/aromatic N) is 2. The van der Waals surface area contributed by atoms with Crippen molar-refractivity contribution in [2.45, 2.75) is 39.7 Å². The van der Waals surface area contributed by atoms with Crippen molar-refractivity contribution >= 4 is 5.91 Å². The molecule has 0 spiro atoms. The predicted molar refractivity (Wildman–Crippen MR) is 125 cm³/mol. The lowest BCUT2D eigenvalue weighted by atomic mass is 9.94. The number of unbranched alkanes of at least 4 members (excludes halogenated alkanes) is 1. The number of phenols is 1. The summed E-state index contributed by atoms with van der Waals surface area (Å²) in [5.74, 6) is 0.877. The maximum absolute atomic E-state index is 13.3. The molecule has 0 fully saturated rings. The van der Waals surface area contributed by atoms with Gasteiger partial charge in [-0.1, -0.05) is 44.2 Å². The zero-order chi connectivity index (χ0) is 22.8. The highest BCUT2D eigenvalue weighted by Crippen LogP contribution is 2.45. The summed E-state index contributed by atoms with van der Waals surface area (Å²) in [6, 6.07) is 11.4. The Morgan fingerprint density at radius 1 is 1.25 bits per heavy atom. The van der Waals surface area contributed by atoms with Gasteiger partial charge in [0.15, 0.2) is 0 Å². The van der Waals surface area contributed by atoms with Gasteiger partial charge in [0, 0.05) is 17.7 Å². The quantitative estimate of drug-likeness (QED) is 0.474. The van der Waals surface area contributed by atoms with Gasteiger partial charge >= 0.3 is 0 Å². The molecule has 0 saturated heterocycles. The van der Waals surface area contributed by atoms with Gasteiger partial charge in [0.25, 0.3) is 5.91 Å². The number of carbonyl (C=O) groups is 1. The van der Waals surface area contributed by atoms with Crippen LogP contribution in [0.2, 0.25) is 0 Å². The highest BCUT2D eigenvalue weighted by molar-refractivity contribution is 6.00. The van der Waals surface area contributed by atoms with Crippen LogP contribution in [0, 0.1) is 13.8 Å². The fourth-order valence-electron chi connectivity index (χ4n) is 4.35. The van der Waals surface area contributed by atoms with Gasteiger partial charge in [-0.15, -0.1) is 0 Å². The summed E-state index contributed by atoms with van der Waals surface area (Å²) in [5, 5.41) is 18.2. The number of carbonyl (C=O) groups excluding carboxylic acids is 1. The predicted octanol–water partition coefficient (Wildman–Crippen LogP) is 5.31. The highest BCUT2D eigenvalue weighted by Gasteiger charge is 2.42. The lowest BCUT2D eigenvalue weighted by molar-refractivity contribution is 0.0741. The second-order valence-electron chi connectivity index (χ2n) is 8.26. The van der Waals surface area contributed by atoms with Crippen LogP contribution < -0.4 is 4.74 Å². The Labute approximate surface area is 188 Å². The van der Waals surface area contributed by atoms with Gasteiger partial charge < -0.3 is 14.7 Å². The Bertz CT molecular complexity index is 1150. The second kappa shape index (κ2) is 8.91. The molecular formula is C26H29N3O3. The Hall–Kier alpha value is -3.54. The van der Waals surface area contributed by atoms with E-state index in [4.69, 9.17) is 4.74 Å². The summed E-state index contributed by atoms with van der Waals surface area (Å²) in [6.07, 6.45) is 3.60. The first-order valence-electron chi connectivity index (χ1n) is 11.0. The van der Waals surface area contributed by atoms with Crippen molar-refractivity contribution in [2.24, 2.45) is 0 Å². The molecule has 0 aliphatic carbocycles. The van der Waals surface area contributed by atoms with Crippen molar-refractivity contribution < 1.29 is 14.6 Å². The molecule has 2 aromatic carbocycles. The van der Waals surface area contributed by atoms with Crippen LogP contribution in [-0.2, 0) is 0 Å². The van der Waals surface area contributed by atoms with Gasteiger partial charge in [-0.25, -0.2) is 0 Å². The van der Waals surface area contributed by atoms with Crippen LogP contribution in [0.5, 0.6) is 11.5 Å². The largest absolute Gasteiger partial charge is 0.507 e. The highest BCUT2D eigenvalue weighted by atomic mass is 16.5. The first kappa shape index (κ1) is 21.7. The topological polar surface area (TPSA) is 78.5 Å². The number of aryl methyl sites for hydroxylation is 2. The molecule has 1 aliphatic rings. The van der Waals surface area contributed by atoms with Crippen molar-refractivity contribution in [1.82, 2.24) is 15.1 Å². The van der Waals surface area contributed by atoms with Crippen molar-refractivity contribution in [2.75, 3.05) is 13.2 Å². The minimum atomic E-state index is -0.286. The number of ether oxygens (including phenoxy) is 1. The molecule has 1 aromatic heterocycles. The first-order chi connectivity index (χ1) is 15.5. The molecule has 3 aromatic rings. The number of fused-ring (bicyclic) bond motifs is 1. The van der Waals surface area contributed by atoms with Gasteiger partial charge in [0.1, 0.15) is 29.5 Å². The van der Waals surface area contributed by atoms with E-state index in [1.54, 1.807) is 6.08 Å². The van der Waals surface area contributed by atoms with E-state index in [2.05, 4.69) is 23.7 Å². The number of H-pyrrole nitrogens is 1. The Kier molecular flexibility index (Phi) is 6.04. The molecule has 4 rings (SSSR count). The molecule has 6 nitrogen and oxygen atoms in total. The van der Waals surface area contributed by atoms with Gasteiger partial charge in [-0.2, -0.15) is 5.10 Å². The number of hydrogen-bond acceptors (Lipinski definition) is 4. The van der Waals surface area contributed by atoms with E-state index < -0.39 is 0 Å². The van der Waals surface area contributed by atoms with Crippen LogP contribution in [0.4, 0.5) is 0 Å². The second-order valence-corrected chi connectivity index (χ2v) is 8.26. The number of phenolic OH excluding ortho intramolecular Hbond substituents is 1. The summed E-state index contributed by atoms with van der Waals surface area (Å²) in [5.41, 5.74) is 5.35. The van der Waals surface area contributed by atoms with Crippen LogP contribution in [0.15, 0.2) is 49.1 Å². The third-order valence-corrected chi connectivity index (χ3v) is 5.88. The van der Waals surface area contributed by atoms with E-state index in [0.717, 1.165) is 40.8 Å². The molecule has 1 unspecified atom stereocenters. The summed E-state index contributed by atoms with van der Waals surface area (Å²) in [4.78, 5) is 15.2. The lowest BCUT2D eigenvalue weighted by Gasteiger charge is -2.26. The normalized spacial score (nSPS) is 15.2. The molecule has 2 N–H and O–H groups in total. The number of amides is 1. The summed E-state index contributed by atoms with van der Waals surface area (Å²) < 4.78 is 5.63. The van der Waals surface area contributed by atoms with Crippen LogP contribution in [-0.4, -0.2) is 39.3 Å². The molecule has 1 amide bonds. The van der Waals surface area contributed by atoms with Crippen LogP contribution >= 0.6 is 0 Å². The van der Waals surface area contributed by atoms with Crippen molar-refractivity contribution in [3.63, 3.8) is 0 Å². The Balaban J connectivity index is 1.83. The van der Waals surface area contributed by atoms with E-state index in [1.807, 2.05) is 55.1 Å². The number of aromatic amines is 1. The Morgan fingerprint density at radius 2 is 2.00 bits per heavy atom. The van der Waals surface area contributed by atoms with Crippen molar-refractivity contribution in [3.05, 3.63) is 77.0 Å². The third kappa shape index (κ3) is 3.77. The van der Waals surface area contributed by atoms with Crippen LogP contribution in [0.3, 0.4) is 0 Å². The summed E-state index contributed by atoms with van der Waals surface area (Å²) in [6.45, 7) is 10.7. The maximum atomic E-state index is 13.3. The third-order valence-electron chi connectivity index (χ3n) is 5.88. The smallest absolute Gasteiger partial charge is 0.273 e. The monoisotopic (exact) mass is 431 g/mol. The van der Waals surface area contributed by atoms with E-state index >= 15 is 0 Å². The molecule has 0 radical (unpaired) electrons. The number of nitrogens with one attached hydrogen (secondary N) is 1. The molecule has 6 heteroatoms. The van der Waals surface area contributed by atoms with Gasteiger partial charge in [-0.3, -0.25) is 9.89 Å². The fraction of sp³-hybridized carbons (Fsp3) is 0.308. The number of rotatable bonds is 8. The minimum absolute atomic E-state index is 0.0620. The van der Waals surface area contributed by atoms with E-state index in [-0.39, 0.29) is 17.7 Å². The standard InChI is InChI=1S/C26H29N3O3/c1-5-7-12-29-24(18-8-10-19(11-9-18)32-13-6-2)21-22(27-28-23(21)26(29)31)20-15-16(3)14-17(4)25(20)30/h6,8-11,14-15,24,30H,2,5,7,12-13H2,1,3-4H3,(H,27,28). The molecular weight excluding hydrogens is 402 g/mol. The number of hydrogen-bond donors (Lipinski definition) is 2. The average molecular weight is 432 g/mol. The van der Waals surface area contributed by atoms with E-state index in [9.17, 15) is 9.90 Å². The van der Waals surface area contributed by atoms with Crippen molar-refractivity contribution in [1.29, 1.82) is 0 Å². The Morgan fingerprint density at radius 3 is 2.69 bits per heavy atom. The SMILES string of the molecule is C=CCOc1ccc(C2c3c(-c4cc(C)cc(C)c4O)n[nH]c3C(=O)N2CCCC)cc1. The molecule has 1 atom stereocenters. The minimum Gasteiger partial charge on any atom is -0.507 e. The molecule has 2 heterocycles. The molecule has 166 valence electrons. The van der Waals surface area contributed by atoms with Crippen molar-refractivity contribution in [3.8, 4) is 22.8 Å². The molecule has 0 saturated carbocycles. The number of benzene rings is 2.